The van der Waals surface area contributed by atoms with Crippen LogP contribution in [0.3, 0.4) is 0 Å². The summed E-state index contributed by atoms with van der Waals surface area (Å²) in [6.45, 7) is -0.408. The molecule has 7 heteroatoms. The van der Waals surface area contributed by atoms with Crippen LogP contribution in [0, 0.1) is 11.3 Å². The molecular weight excluding hydrogens is 356 g/mol. The van der Waals surface area contributed by atoms with Gasteiger partial charge in [0.05, 0.1) is 11.3 Å². The minimum Gasteiger partial charge on any atom is -0.323 e. The number of aryl methyl sites for hydroxylation is 1. The van der Waals surface area contributed by atoms with E-state index in [0.29, 0.717) is 17.7 Å². The number of amides is 4. The highest BCUT2D eigenvalue weighted by Gasteiger charge is 2.54. The maximum Gasteiger partial charge on any atom is 0.325 e. The van der Waals surface area contributed by atoms with Crippen LogP contribution in [0.4, 0.5) is 10.5 Å². The third-order valence-electron chi connectivity index (χ3n) is 5.27. The third-order valence-corrected chi connectivity index (χ3v) is 5.27. The van der Waals surface area contributed by atoms with E-state index >= 15 is 0 Å². The average molecular weight is 374 g/mol. The maximum atomic E-state index is 13.2. The third kappa shape index (κ3) is 2.79. The molecule has 28 heavy (non-hydrogen) atoms. The van der Waals surface area contributed by atoms with Gasteiger partial charge in [0.25, 0.3) is 5.91 Å². The number of urea groups is 1. The zero-order valence-electron chi connectivity index (χ0n) is 15.1. The smallest absolute Gasteiger partial charge is 0.323 e. The highest BCUT2D eigenvalue weighted by atomic mass is 16.2. The van der Waals surface area contributed by atoms with E-state index in [1.54, 1.807) is 24.3 Å². The summed E-state index contributed by atoms with van der Waals surface area (Å²) in [4.78, 5) is 39.1. The molecule has 140 valence electrons. The average Bonchev–Trinajstić information content (AvgIpc) is 2.93. The largest absolute Gasteiger partial charge is 0.325 e. The number of nitrogens with one attached hydrogen (secondary N) is 2. The number of rotatable bonds is 3. The Bertz CT molecular complexity index is 1030. The van der Waals surface area contributed by atoms with Crippen LogP contribution in [0.15, 0.2) is 48.5 Å². The summed E-state index contributed by atoms with van der Waals surface area (Å²) in [5, 5.41) is 14.6. The quantitative estimate of drug-likeness (QED) is 0.805. The van der Waals surface area contributed by atoms with E-state index in [4.69, 9.17) is 5.26 Å². The van der Waals surface area contributed by atoms with Gasteiger partial charge in [-0.3, -0.25) is 14.5 Å². The van der Waals surface area contributed by atoms with Crippen molar-refractivity contribution in [2.45, 2.75) is 24.8 Å². The van der Waals surface area contributed by atoms with Crippen LogP contribution in [-0.4, -0.2) is 29.3 Å². The van der Waals surface area contributed by atoms with Gasteiger partial charge in [-0.2, -0.15) is 5.26 Å². The predicted molar refractivity (Wildman–Crippen MR) is 101 cm³/mol. The fourth-order valence-corrected chi connectivity index (χ4v) is 3.98. The molecule has 1 aliphatic heterocycles. The molecule has 4 rings (SSSR count). The van der Waals surface area contributed by atoms with Gasteiger partial charge >= 0.3 is 6.03 Å². The van der Waals surface area contributed by atoms with Crippen LogP contribution < -0.4 is 10.6 Å². The fourth-order valence-electron chi connectivity index (χ4n) is 3.98. The van der Waals surface area contributed by atoms with E-state index in [1.807, 2.05) is 30.3 Å². The SMILES string of the molecule is N#Cc1ccccc1NC(=O)CN1C(=O)NC2(CCCc3ccccc32)C1=O. The second-order valence-corrected chi connectivity index (χ2v) is 6.94. The predicted octanol–water partition coefficient (Wildman–Crippen LogP) is 2.28. The highest BCUT2D eigenvalue weighted by Crippen LogP contribution is 2.39. The molecule has 2 aliphatic rings. The summed E-state index contributed by atoms with van der Waals surface area (Å²) in [6, 6.07) is 15.6. The Morgan fingerprint density at radius 2 is 1.93 bits per heavy atom. The van der Waals surface area contributed by atoms with Crippen molar-refractivity contribution in [1.29, 1.82) is 5.26 Å². The molecule has 1 fully saturated rings. The molecule has 2 aromatic rings. The van der Waals surface area contributed by atoms with Gasteiger partial charge in [0.1, 0.15) is 18.2 Å². The van der Waals surface area contributed by atoms with Crippen LogP contribution in [-0.2, 0) is 21.5 Å². The first-order valence-electron chi connectivity index (χ1n) is 9.06. The first-order chi connectivity index (χ1) is 13.5. The van der Waals surface area contributed by atoms with Gasteiger partial charge in [-0.25, -0.2) is 4.79 Å². The van der Waals surface area contributed by atoms with Crippen LogP contribution >= 0.6 is 0 Å². The fraction of sp³-hybridized carbons (Fsp3) is 0.238. The zero-order valence-corrected chi connectivity index (χ0v) is 15.1. The molecule has 0 bridgehead atoms. The Morgan fingerprint density at radius 3 is 2.75 bits per heavy atom. The van der Waals surface area contributed by atoms with E-state index < -0.39 is 29.9 Å². The summed E-state index contributed by atoms with van der Waals surface area (Å²) >= 11 is 0. The minimum absolute atomic E-state index is 0.311. The molecule has 1 aliphatic carbocycles. The second-order valence-electron chi connectivity index (χ2n) is 6.94. The Balaban J connectivity index is 1.56. The number of benzene rings is 2. The number of hydrogen-bond donors (Lipinski definition) is 2. The summed E-state index contributed by atoms with van der Waals surface area (Å²) < 4.78 is 0. The summed E-state index contributed by atoms with van der Waals surface area (Å²) in [5.41, 5.74) is 1.40. The van der Waals surface area contributed by atoms with Gasteiger partial charge in [-0.05, 0) is 42.5 Å². The second kappa shape index (κ2) is 6.82. The van der Waals surface area contributed by atoms with Crippen molar-refractivity contribution in [2.75, 3.05) is 11.9 Å². The molecule has 1 spiro atoms. The van der Waals surface area contributed by atoms with E-state index in [0.717, 1.165) is 28.9 Å². The molecule has 0 aromatic heterocycles. The Hall–Kier alpha value is -3.66. The highest BCUT2D eigenvalue weighted by molar-refractivity contribution is 6.10. The van der Waals surface area contributed by atoms with Gasteiger partial charge in [0.2, 0.25) is 5.91 Å². The number of fused-ring (bicyclic) bond motifs is 2. The van der Waals surface area contributed by atoms with Crippen molar-refractivity contribution in [3.05, 3.63) is 65.2 Å². The minimum atomic E-state index is -1.10. The molecule has 2 aromatic carbocycles. The van der Waals surface area contributed by atoms with E-state index in [9.17, 15) is 14.4 Å². The van der Waals surface area contributed by atoms with Crippen molar-refractivity contribution >= 4 is 23.5 Å². The van der Waals surface area contributed by atoms with Gasteiger partial charge in [0, 0.05) is 0 Å². The number of para-hydroxylation sites is 1. The van der Waals surface area contributed by atoms with Crippen LogP contribution in [0.25, 0.3) is 0 Å². The standard InChI is InChI=1S/C21H18N4O3/c22-12-15-7-2-4-10-17(15)23-18(26)13-25-19(27)21(24-20(25)28)11-5-8-14-6-1-3-9-16(14)21/h1-4,6-7,9-10H,5,8,11,13H2,(H,23,26)(H,24,28). The van der Waals surface area contributed by atoms with Crippen molar-refractivity contribution in [3.8, 4) is 6.07 Å². The summed E-state index contributed by atoms with van der Waals surface area (Å²) in [7, 11) is 0. The van der Waals surface area contributed by atoms with Gasteiger partial charge in [0.15, 0.2) is 0 Å². The number of carbonyl (C=O) groups excluding carboxylic acids is 3. The van der Waals surface area contributed by atoms with Crippen molar-refractivity contribution in [3.63, 3.8) is 0 Å². The Kier molecular flexibility index (Phi) is 4.32. The van der Waals surface area contributed by atoms with Gasteiger partial charge < -0.3 is 10.6 Å². The lowest BCUT2D eigenvalue weighted by molar-refractivity contribution is -0.134. The van der Waals surface area contributed by atoms with Crippen molar-refractivity contribution in [1.82, 2.24) is 10.2 Å². The van der Waals surface area contributed by atoms with Crippen LogP contribution in [0.2, 0.25) is 0 Å². The topological polar surface area (TPSA) is 102 Å². The zero-order chi connectivity index (χ0) is 19.7. The van der Waals surface area contributed by atoms with E-state index in [-0.39, 0.29) is 0 Å². The first kappa shape index (κ1) is 17.7. The molecule has 0 radical (unpaired) electrons. The molecule has 1 atom stereocenters. The Morgan fingerprint density at radius 1 is 1.18 bits per heavy atom. The monoisotopic (exact) mass is 374 g/mol. The summed E-state index contributed by atoms with van der Waals surface area (Å²) in [5.74, 6) is -0.944. The molecule has 2 N–H and O–H groups in total. The van der Waals surface area contributed by atoms with E-state index in [2.05, 4.69) is 10.6 Å². The normalized spacial score (nSPS) is 20.5. The Labute approximate surface area is 161 Å². The molecule has 1 saturated heterocycles. The first-order valence-corrected chi connectivity index (χ1v) is 9.06. The number of hydrogen-bond acceptors (Lipinski definition) is 4. The molecule has 1 heterocycles. The summed E-state index contributed by atoms with van der Waals surface area (Å²) in [6.07, 6.45) is 2.13. The lowest BCUT2D eigenvalue weighted by atomic mass is 9.76. The number of nitriles is 1. The van der Waals surface area contributed by atoms with Crippen LogP contribution in [0.1, 0.15) is 29.5 Å². The number of anilines is 1. The lowest BCUT2D eigenvalue weighted by Crippen LogP contribution is -2.47. The van der Waals surface area contributed by atoms with Gasteiger partial charge in [-0.1, -0.05) is 36.4 Å². The van der Waals surface area contributed by atoms with Crippen molar-refractivity contribution in [2.24, 2.45) is 0 Å². The maximum absolute atomic E-state index is 13.2. The molecular formula is C21H18N4O3. The van der Waals surface area contributed by atoms with Crippen molar-refractivity contribution < 1.29 is 14.4 Å². The van der Waals surface area contributed by atoms with Crippen LogP contribution in [0.5, 0.6) is 0 Å². The van der Waals surface area contributed by atoms with Gasteiger partial charge in [-0.15, -0.1) is 0 Å². The number of nitrogens with zero attached hydrogens (tertiary/aromatic N) is 2. The molecule has 0 saturated carbocycles. The number of carbonyl (C=O) groups is 3. The lowest BCUT2D eigenvalue weighted by Gasteiger charge is -2.33. The number of imide groups is 1. The van der Waals surface area contributed by atoms with E-state index in [1.165, 1.54) is 0 Å². The molecule has 7 nitrogen and oxygen atoms in total. The molecule has 4 amide bonds. The molecule has 1 unspecified atom stereocenters.